The number of carbonyl (C=O) groups excluding carboxylic acids is 2. The Morgan fingerprint density at radius 2 is 1.83 bits per heavy atom. The van der Waals surface area contributed by atoms with Gasteiger partial charge in [-0.2, -0.15) is 8.78 Å². The Balaban J connectivity index is 1.49. The number of ether oxygens (including phenoxy) is 1. The predicted octanol–water partition coefficient (Wildman–Crippen LogP) is 4.28. The molecule has 1 aliphatic rings. The SMILES string of the molecule is CN(C)C(=O)COc1ccccc1C(F)(F)C(=O)N1CC[C@H](n2cc(-c3c(Cl)cccc3Cl)nn2)C1. The Labute approximate surface area is 216 Å². The van der Waals surface area contributed by atoms with Crippen molar-refractivity contribution in [1.29, 1.82) is 0 Å². The van der Waals surface area contributed by atoms with Crippen LogP contribution in [0.5, 0.6) is 5.75 Å². The van der Waals surface area contributed by atoms with Gasteiger partial charge in [-0.05, 0) is 30.7 Å². The van der Waals surface area contributed by atoms with E-state index in [4.69, 9.17) is 27.9 Å². The van der Waals surface area contributed by atoms with E-state index in [0.717, 1.165) is 11.0 Å². The second-order valence-electron chi connectivity index (χ2n) is 8.52. The smallest absolute Gasteiger partial charge is 0.353 e. The van der Waals surface area contributed by atoms with Crippen molar-refractivity contribution >= 4 is 35.0 Å². The van der Waals surface area contributed by atoms with E-state index in [9.17, 15) is 9.59 Å². The first-order valence-corrected chi connectivity index (χ1v) is 11.8. The van der Waals surface area contributed by atoms with Crippen LogP contribution in [0.2, 0.25) is 10.0 Å². The van der Waals surface area contributed by atoms with Gasteiger partial charge in [0.1, 0.15) is 11.4 Å². The number of para-hydroxylation sites is 1. The summed E-state index contributed by atoms with van der Waals surface area (Å²) in [7, 11) is 3.06. The second-order valence-corrected chi connectivity index (χ2v) is 9.34. The number of likely N-dealkylation sites (N-methyl/N-ethyl adjacent to an activating group) is 1. The molecule has 1 aromatic heterocycles. The van der Waals surface area contributed by atoms with E-state index < -0.39 is 29.9 Å². The second kappa shape index (κ2) is 10.4. The molecule has 4 rings (SSSR count). The summed E-state index contributed by atoms with van der Waals surface area (Å²) in [6.07, 6.45) is 2.05. The monoisotopic (exact) mass is 537 g/mol. The maximum atomic E-state index is 15.4. The molecule has 0 spiro atoms. The minimum atomic E-state index is -3.86. The highest BCUT2D eigenvalue weighted by atomic mass is 35.5. The molecule has 12 heteroatoms. The molecule has 2 heterocycles. The van der Waals surface area contributed by atoms with Gasteiger partial charge in [0.2, 0.25) is 0 Å². The lowest BCUT2D eigenvalue weighted by atomic mass is 10.1. The molecule has 0 unspecified atom stereocenters. The van der Waals surface area contributed by atoms with Crippen LogP contribution in [0.1, 0.15) is 18.0 Å². The summed E-state index contributed by atoms with van der Waals surface area (Å²) in [6, 6.07) is 10.0. The zero-order valence-corrected chi connectivity index (χ0v) is 21.0. The Bertz CT molecular complexity index is 1260. The number of benzene rings is 2. The van der Waals surface area contributed by atoms with Gasteiger partial charge in [-0.15, -0.1) is 5.10 Å². The van der Waals surface area contributed by atoms with Gasteiger partial charge in [0.15, 0.2) is 6.61 Å². The molecule has 0 radical (unpaired) electrons. The molecule has 0 aliphatic carbocycles. The minimum absolute atomic E-state index is 0.0234. The third kappa shape index (κ3) is 5.15. The fraction of sp³-hybridized carbons (Fsp3) is 0.333. The summed E-state index contributed by atoms with van der Waals surface area (Å²) in [5.41, 5.74) is 0.370. The zero-order valence-electron chi connectivity index (χ0n) is 19.5. The number of nitrogens with zero attached hydrogens (tertiary/aromatic N) is 5. The Morgan fingerprint density at radius 1 is 1.14 bits per heavy atom. The molecular weight excluding hydrogens is 515 g/mol. The molecule has 1 atom stereocenters. The number of carbonyl (C=O) groups is 2. The lowest BCUT2D eigenvalue weighted by Gasteiger charge is -2.25. The van der Waals surface area contributed by atoms with E-state index in [1.165, 1.54) is 41.9 Å². The van der Waals surface area contributed by atoms with Gasteiger partial charge in [-0.1, -0.05) is 46.6 Å². The van der Waals surface area contributed by atoms with Crippen LogP contribution in [0, 0.1) is 0 Å². The highest BCUT2D eigenvalue weighted by molar-refractivity contribution is 6.39. The highest BCUT2D eigenvalue weighted by Gasteiger charge is 2.47. The van der Waals surface area contributed by atoms with Crippen molar-refractivity contribution in [3.05, 3.63) is 64.3 Å². The Hall–Kier alpha value is -3.24. The fourth-order valence-electron chi connectivity index (χ4n) is 3.89. The van der Waals surface area contributed by atoms with Crippen LogP contribution >= 0.6 is 23.2 Å². The van der Waals surface area contributed by atoms with E-state index in [2.05, 4.69) is 10.3 Å². The quantitative estimate of drug-likeness (QED) is 0.449. The van der Waals surface area contributed by atoms with Gasteiger partial charge in [0, 0.05) is 32.7 Å². The van der Waals surface area contributed by atoms with Gasteiger partial charge >= 0.3 is 5.92 Å². The van der Waals surface area contributed by atoms with Crippen LogP contribution in [0.3, 0.4) is 0 Å². The van der Waals surface area contributed by atoms with E-state index in [1.807, 2.05) is 0 Å². The number of halogens is 4. The first-order chi connectivity index (χ1) is 17.1. The molecule has 2 amide bonds. The van der Waals surface area contributed by atoms with Gasteiger partial charge < -0.3 is 14.5 Å². The van der Waals surface area contributed by atoms with Crippen molar-refractivity contribution < 1.29 is 23.1 Å². The summed E-state index contributed by atoms with van der Waals surface area (Å²) in [5.74, 6) is -5.83. The van der Waals surface area contributed by atoms with Crippen LogP contribution in [-0.4, -0.2) is 70.4 Å². The minimum Gasteiger partial charge on any atom is -0.483 e. The lowest BCUT2D eigenvalue weighted by molar-refractivity contribution is -0.158. The highest BCUT2D eigenvalue weighted by Crippen LogP contribution is 2.39. The van der Waals surface area contributed by atoms with Crippen LogP contribution in [0.15, 0.2) is 48.7 Å². The molecule has 8 nitrogen and oxygen atoms in total. The maximum Gasteiger partial charge on any atom is 0.353 e. The van der Waals surface area contributed by atoms with Crippen LogP contribution in [0.4, 0.5) is 8.78 Å². The molecular formula is C24H23Cl2F2N5O3. The average Bonchev–Trinajstić information content (AvgIpc) is 3.52. The van der Waals surface area contributed by atoms with E-state index in [0.29, 0.717) is 27.7 Å². The van der Waals surface area contributed by atoms with Crippen molar-refractivity contribution in [3.8, 4) is 17.0 Å². The number of amides is 2. The molecule has 1 aliphatic heterocycles. The first-order valence-electron chi connectivity index (χ1n) is 11.1. The summed E-state index contributed by atoms with van der Waals surface area (Å²) in [5, 5.41) is 9.05. The molecule has 0 saturated carbocycles. The molecule has 190 valence electrons. The number of hydrogen-bond donors (Lipinski definition) is 0. The summed E-state index contributed by atoms with van der Waals surface area (Å²) in [4.78, 5) is 27.1. The molecule has 2 aromatic carbocycles. The molecule has 1 fully saturated rings. The molecule has 1 saturated heterocycles. The van der Waals surface area contributed by atoms with Gasteiger partial charge in [0.05, 0.1) is 27.8 Å². The number of likely N-dealkylation sites (tertiary alicyclic amines) is 1. The van der Waals surface area contributed by atoms with Crippen LogP contribution in [-0.2, 0) is 15.5 Å². The Morgan fingerprint density at radius 3 is 2.53 bits per heavy atom. The zero-order chi connectivity index (χ0) is 26.0. The average molecular weight is 538 g/mol. The molecule has 0 N–H and O–H groups in total. The van der Waals surface area contributed by atoms with Gasteiger partial charge in [-0.25, -0.2) is 4.68 Å². The Kier molecular flexibility index (Phi) is 7.46. The van der Waals surface area contributed by atoms with Crippen molar-refractivity contribution in [1.82, 2.24) is 24.8 Å². The van der Waals surface area contributed by atoms with E-state index in [1.54, 1.807) is 24.4 Å². The normalized spacial score (nSPS) is 15.7. The lowest BCUT2D eigenvalue weighted by Crippen LogP contribution is -2.41. The molecule has 3 aromatic rings. The fourth-order valence-corrected chi connectivity index (χ4v) is 4.48. The first kappa shape index (κ1) is 25.8. The molecule has 36 heavy (non-hydrogen) atoms. The largest absolute Gasteiger partial charge is 0.483 e. The van der Waals surface area contributed by atoms with Gasteiger partial charge in [0.25, 0.3) is 11.8 Å². The summed E-state index contributed by atoms with van der Waals surface area (Å²) >= 11 is 12.5. The predicted molar refractivity (Wildman–Crippen MR) is 130 cm³/mol. The van der Waals surface area contributed by atoms with Crippen LogP contribution < -0.4 is 4.74 Å². The third-order valence-electron chi connectivity index (χ3n) is 5.90. The summed E-state index contributed by atoms with van der Waals surface area (Å²) < 4.78 is 37.6. The summed E-state index contributed by atoms with van der Waals surface area (Å²) in [6.45, 7) is -0.289. The van der Waals surface area contributed by atoms with Crippen LogP contribution in [0.25, 0.3) is 11.3 Å². The maximum absolute atomic E-state index is 15.4. The van der Waals surface area contributed by atoms with E-state index >= 15 is 8.78 Å². The third-order valence-corrected chi connectivity index (χ3v) is 6.53. The van der Waals surface area contributed by atoms with Crippen molar-refractivity contribution in [3.63, 3.8) is 0 Å². The number of hydrogen-bond acceptors (Lipinski definition) is 5. The number of rotatable bonds is 7. The topological polar surface area (TPSA) is 80.6 Å². The van der Waals surface area contributed by atoms with E-state index in [-0.39, 0.29) is 24.9 Å². The number of aromatic nitrogens is 3. The van der Waals surface area contributed by atoms with Gasteiger partial charge in [-0.3, -0.25) is 9.59 Å². The molecule has 0 bridgehead atoms. The van der Waals surface area contributed by atoms with Crippen molar-refractivity contribution in [2.75, 3.05) is 33.8 Å². The standard InChI is InChI=1S/C24H23Cl2F2N5O3/c1-31(2)21(34)14-36-20-9-4-3-6-16(20)24(27,28)23(35)32-11-10-15(12-32)33-13-19(29-30-33)22-17(25)7-5-8-18(22)26/h3-9,13,15H,10-12,14H2,1-2H3/t15-/m0/s1. The number of alkyl halides is 2. The van der Waals surface area contributed by atoms with Crippen molar-refractivity contribution in [2.24, 2.45) is 0 Å². The van der Waals surface area contributed by atoms with Crippen molar-refractivity contribution in [2.45, 2.75) is 18.4 Å².